The van der Waals surface area contributed by atoms with E-state index in [1.54, 1.807) is 13.0 Å². The van der Waals surface area contributed by atoms with Gasteiger partial charge in [-0.3, -0.25) is 9.59 Å². The molecule has 1 aliphatic rings. The lowest BCUT2D eigenvalue weighted by Gasteiger charge is -2.23. The second kappa shape index (κ2) is 4.83. The van der Waals surface area contributed by atoms with Crippen molar-refractivity contribution >= 4 is 29.1 Å². The molecular formula is C13H16ClN3O2. The first-order valence-electron chi connectivity index (χ1n) is 6.02. The quantitative estimate of drug-likeness (QED) is 0.780. The molecule has 102 valence electrons. The van der Waals surface area contributed by atoms with Crippen LogP contribution in [-0.2, 0) is 4.79 Å². The molecule has 0 bridgehead atoms. The fraction of sp³-hybridized carbons (Fsp3) is 0.385. The van der Waals surface area contributed by atoms with Gasteiger partial charge in [-0.2, -0.15) is 0 Å². The lowest BCUT2D eigenvalue weighted by atomic mass is 9.96. The Hall–Kier alpha value is -1.59. The highest BCUT2D eigenvalue weighted by atomic mass is 35.5. The minimum atomic E-state index is -0.896. The van der Waals surface area contributed by atoms with Crippen LogP contribution in [0.15, 0.2) is 18.2 Å². The normalized spacial score (nSPS) is 17.6. The van der Waals surface area contributed by atoms with Crippen LogP contribution in [0.4, 0.5) is 5.69 Å². The number of halogens is 1. The molecule has 2 rings (SSSR count). The van der Waals surface area contributed by atoms with Gasteiger partial charge in [-0.1, -0.05) is 11.6 Å². The van der Waals surface area contributed by atoms with Gasteiger partial charge in [-0.25, -0.2) is 0 Å². The van der Waals surface area contributed by atoms with E-state index in [4.69, 9.17) is 23.1 Å². The number of anilines is 1. The summed E-state index contributed by atoms with van der Waals surface area (Å²) in [4.78, 5) is 23.3. The Morgan fingerprint density at radius 2 is 2.05 bits per heavy atom. The van der Waals surface area contributed by atoms with Crippen LogP contribution in [-0.4, -0.2) is 17.4 Å². The highest BCUT2D eigenvalue weighted by Crippen LogP contribution is 2.38. The molecule has 19 heavy (non-hydrogen) atoms. The van der Waals surface area contributed by atoms with E-state index < -0.39 is 11.4 Å². The summed E-state index contributed by atoms with van der Waals surface area (Å²) >= 11 is 5.84. The van der Waals surface area contributed by atoms with Crippen LogP contribution in [0.3, 0.4) is 0 Å². The van der Waals surface area contributed by atoms with Gasteiger partial charge < -0.3 is 16.8 Å². The highest BCUT2D eigenvalue weighted by molar-refractivity contribution is 6.34. The zero-order chi connectivity index (χ0) is 14.2. The van der Waals surface area contributed by atoms with Gasteiger partial charge in [-0.05, 0) is 43.9 Å². The fourth-order valence-electron chi connectivity index (χ4n) is 1.93. The monoisotopic (exact) mass is 281 g/mol. The number of hydrogen-bond acceptors (Lipinski definition) is 3. The minimum Gasteiger partial charge on any atom is -0.366 e. The number of nitrogens with two attached hydrogens (primary N) is 2. The van der Waals surface area contributed by atoms with Gasteiger partial charge in [-0.15, -0.1) is 0 Å². The van der Waals surface area contributed by atoms with Gasteiger partial charge in [0, 0.05) is 5.69 Å². The predicted molar refractivity (Wildman–Crippen MR) is 73.9 cm³/mol. The lowest BCUT2D eigenvalue weighted by molar-refractivity contribution is -0.121. The van der Waals surface area contributed by atoms with E-state index in [0.717, 1.165) is 12.8 Å². The molecule has 5 nitrogen and oxygen atoms in total. The third-order valence-corrected chi connectivity index (χ3v) is 3.73. The largest absolute Gasteiger partial charge is 0.366 e. The number of carbonyl (C=O) groups is 2. The first-order valence-corrected chi connectivity index (χ1v) is 6.40. The standard InChI is InChI=1S/C13H16ClN3O2/c1-13(16,7-2-3-7)12(19)17-8-4-5-10(14)9(6-8)11(15)18/h4-7H,2-3,16H2,1H3,(H2,15,18)(H,17,19). The van der Waals surface area contributed by atoms with Crippen LogP contribution >= 0.6 is 11.6 Å². The summed E-state index contributed by atoms with van der Waals surface area (Å²) in [5.41, 5.74) is 10.9. The maximum Gasteiger partial charge on any atom is 0.250 e. The SMILES string of the molecule is CC(N)(C(=O)Nc1ccc(Cl)c(C(N)=O)c1)C1CC1. The van der Waals surface area contributed by atoms with Crippen LogP contribution in [0.2, 0.25) is 5.02 Å². The molecule has 0 saturated heterocycles. The third-order valence-electron chi connectivity index (χ3n) is 3.40. The number of rotatable bonds is 4. The Balaban J connectivity index is 2.17. The molecule has 1 aromatic rings. The number of amides is 2. The van der Waals surface area contributed by atoms with Crippen molar-refractivity contribution < 1.29 is 9.59 Å². The van der Waals surface area contributed by atoms with Gasteiger partial charge >= 0.3 is 0 Å². The highest BCUT2D eigenvalue weighted by Gasteiger charge is 2.44. The van der Waals surface area contributed by atoms with Crippen molar-refractivity contribution in [3.63, 3.8) is 0 Å². The van der Waals surface area contributed by atoms with E-state index in [2.05, 4.69) is 5.32 Å². The van der Waals surface area contributed by atoms with E-state index in [9.17, 15) is 9.59 Å². The fourth-order valence-corrected chi connectivity index (χ4v) is 2.14. The maximum atomic E-state index is 12.1. The zero-order valence-corrected chi connectivity index (χ0v) is 11.3. The molecule has 1 unspecified atom stereocenters. The molecule has 1 saturated carbocycles. The van der Waals surface area contributed by atoms with Crippen LogP contribution in [0.1, 0.15) is 30.1 Å². The van der Waals surface area contributed by atoms with Crippen LogP contribution in [0, 0.1) is 5.92 Å². The Morgan fingerprint density at radius 1 is 1.42 bits per heavy atom. The van der Waals surface area contributed by atoms with E-state index in [-0.39, 0.29) is 22.4 Å². The van der Waals surface area contributed by atoms with Crippen molar-refractivity contribution in [1.82, 2.24) is 0 Å². The molecule has 2 amide bonds. The molecule has 0 heterocycles. The first kappa shape index (κ1) is 13.8. The van der Waals surface area contributed by atoms with Crippen molar-refractivity contribution in [3.05, 3.63) is 28.8 Å². The van der Waals surface area contributed by atoms with Gasteiger partial charge in [0.25, 0.3) is 0 Å². The molecule has 6 heteroatoms. The van der Waals surface area contributed by atoms with Crippen molar-refractivity contribution in [2.45, 2.75) is 25.3 Å². The van der Waals surface area contributed by atoms with Gasteiger partial charge in [0.05, 0.1) is 16.1 Å². The molecule has 1 atom stereocenters. The second-order valence-electron chi connectivity index (χ2n) is 5.07. The van der Waals surface area contributed by atoms with Crippen molar-refractivity contribution in [3.8, 4) is 0 Å². The summed E-state index contributed by atoms with van der Waals surface area (Å²) in [5, 5.41) is 2.95. The van der Waals surface area contributed by atoms with E-state index in [1.807, 2.05) is 0 Å². The summed E-state index contributed by atoms with van der Waals surface area (Å²) in [6.07, 6.45) is 1.93. The van der Waals surface area contributed by atoms with Crippen LogP contribution in [0.5, 0.6) is 0 Å². The molecule has 0 spiro atoms. The first-order chi connectivity index (χ1) is 8.82. The zero-order valence-electron chi connectivity index (χ0n) is 10.6. The average Bonchev–Trinajstić information content (AvgIpc) is 3.15. The number of hydrogen-bond donors (Lipinski definition) is 3. The van der Waals surface area contributed by atoms with E-state index >= 15 is 0 Å². The third kappa shape index (κ3) is 2.88. The van der Waals surface area contributed by atoms with Gasteiger partial charge in [0.1, 0.15) is 0 Å². The number of nitrogens with one attached hydrogen (secondary N) is 1. The molecule has 5 N–H and O–H groups in total. The molecule has 0 radical (unpaired) electrons. The summed E-state index contributed by atoms with van der Waals surface area (Å²) in [7, 11) is 0. The summed E-state index contributed by atoms with van der Waals surface area (Å²) in [6, 6.07) is 4.57. The smallest absolute Gasteiger partial charge is 0.250 e. The van der Waals surface area contributed by atoms with Crippen molar-refractivity contribution in [2.75, 3.05) is 5.32 Å². The van der Waals surface area contributed by atoms with Crippen molar-refractivity contribution in [1.29, 1.82) is 0 Å². The Labute approximate surface area is 116 Å². The molecule has 1 fully saturated rings. The number of primary amides is 1. The number of benzene rings is 1. The molecule has 0 aromatic heterocycles. The second-order valence-corrected chi connectivity index (χ2v) is 5.48. The van der Waals surface area contributed by atoms with Crippen LogP contribution < -0.4 is 16.8 Å². The minimum absolute atomic E-state index is 0.171. The summed E-state index contributed by atoms with van der Waals surface area (Å²) in [5.74, 6) is -0.693. The predicted octanol–water partition coefficient (Wildman–Crippen LogP) is 1.50. The van der Waals surface area contributed by atoms with E-state index in [1.165, 1.54) is 12.1 Å². The summed E-state index contributed by atoms with van der Waals surface area (Å²) in [6.45, 7) is 1.71. The van der Waals surface area contributed by atoms with E-state index in [0.29, 0.717) is 5.69 Å². The average molecular weight is 282 g/mol. The molecule has 0 aliphatic heterocycles. The Morgan fingerprint density at radius 3 is 2.58 bits per heavy atom. The lowest BCUT2D eigenvalue weighted by Crippen LogP contribution is -2.50. The Bertz CT molecular complexity index is 539. The molecular weight excluding hydrogens is 266 g/mol. The van der Waals surface area contributed by atoms with Crippen LogP contribution in [0.25, 0.3) is 0 Å². The van der Waals surface area contributed by atoms with Gasteiger partial charge in [0.15, 0.2) is 0 Å². The summed E-state index contributed by atoms with van der Waals surface area (Å²) < 4.78 is 0. The van der Waals surface area contributed by atoms with Crippen molar-refractivity contribution in [2.24, 2.45) is 17.4 Å². The topological polar surface area (TPSA) is 98.2 Å². The van der Waals surface area contributed by atoms with Gasteiger partial charge in [0.2, 0.25) is 11.8 Å². The molecule has 1 aliphatic carbocycles. The number of carbonyl (C=O) groups excluding carboxylic acids is 2. The molecule has 1 aromatic carbocycles. The Kier molecular flexibility index (Phi) is 3.52. The maximum absolute atomic E-state index is 12.1.